The third kappa shape index (κ3) is 5.22. The van der Waals surface area contributed by atoms with Gasteiger partial charge in [-0.3, -0.25) is 9.59 Å². The lowest BCUT2D eigenvalue weighted by atomic mass is 10.0. The zero-order valence-corrected chi connectivity index (χ0v) is 20.3. The van der Waals surface area contributed by atoms with Crippen LogP contribution in [-0.2, 0) is 25.6 Å². The van der Waals surface area contributed by atoms with Gasteiger partial charge in [0.1, 0.15) is 7.11 Å². The van der Waals surface area contributed by atoms with Crippen molar-refractivity contribution in [2.24, 2.45) is 0 Å². The Hall–Kier alpha value is -3.82. The number of aromatic nitrogens is 2. The summed E-state index contributed by atoms with van der Waals surface area (Å²) >= 11 is 0. The van der Waals surface area contributed by atoms with Gasteiger partial charge in [0.15, 0.2) is 0 Å². The van der Waals surface area contributed by atoms with Crippen LogP contribution in [0.25, 0.3) is 0 Å². The number of nitrogens with one attached hydrogen (secondary N) is 1. The predicted octanol–water partition coefficient (Wildman–Crippen LogP) is 3.79. The maximum atomic E-state index is 13.1. The molecule has 36 heavy (non-hydrogen) atoms. The first-order valence-corrected chi connectivity index (χ1v) is 11.5. The first-order valence-electron chi connectivity index (χ1n) is 11.5. The Bertz CT molecular complexity index is 1330. The summed E-state index contributed by atoms with van der Waals surface area (Å²) in [6.45, 7) is 4.81. The van der Waals surface area contributed by atoms with Gasteiger partial charge in [0, 0.05) is 25.1 Å². The van der Waals surface area contributed by atoms with E-state index in [4.69, 9.17) is 4.84 Å². The van der Waals surface area contributed by atoms with E-state index in [0.29, 0.717) is 48.3 Å². The molecule has 1 amide bonds. The number of halogens is 3. The Morgan fingerprint density at radius 3 is 2.47 bits per heavy atom. The highest BCUT2D eigenvalue weighted by Crippen LogP contribution is 2.29. The van der Waals surface area contributed by atoms with Crippen LogP contribution in [0.4, 0.5) is 19.1 Å². The van der Waals surface area contributed by atoms with Gasteiger partial charge < -0.3 is 15.1 Å². The highest BCUT2D eigenvalue weighted by molar-refractivity contribution is 5.94. The number of nitrogens with zero attached hydrogens (tertiary/aromatic N) is 3. The van der Waals surface area contributed by atoms with Crippen LogP contribution in [0, 0.1) is 13.8 Å². The van der Waals surface area contributed by atoms with E-state index in [1.165, 1.54) is 19.2 Å². The second-order valence-electron chi connectivity index (χ2n) is 8.79. The largest absolute Gasteiger partial charge is 0.416 e. The molecular weight excluding hydrogens is 473 g/mol. The van der Waals surface area contributed by atoms with Crippen LogP contribution in [0.2, 0.25) is 0 Å². The Balaban J connectivity index is 1.47. The molecule has 1 aliphatic rings. The number of hydrogen-bond donors (Lipinski definition) is 1. The average Bonchev–Trinajstić information content (AvgIpc) is 2.85. The van der Waals surface area contributed by atoms with Gasteiger partial charge in [-0.15, -0.1) is 4.73 Å². The number of anilines is 1. The molecule has 0 saturated heterocycles. The molecule has 7 nitrogen and oxygen atoms in total. The summed E-state index contributed by atoms with van der Waals surface area (Å²) in [5.41, 5.74) is 3.28. The third-order valence-electron chi connectivity index (χ3n) is 6.39. The maximum absolute atomic E-state index is 13.1. The quantitative estimate of drug-likeness (QED) is 0.558. The smallest absolute Gasteiger partial charge is 0.411 e. The second-order valence-corrected chi connectivity index (χ2v) is 8.79. The molecule has 10 heteroatoms. The molecule has 0 bridgehead atoms. The number of amides is 1. The van der Waals surface area contributed by atoms with Crippen molar-refractivity contribution in [3.8, 4) is 0 Å². The van der Waals surface area contributed by atoms with Gasteiger partial charge in [-0.1, -0.05) is 18.2 Å². The van der Waals surface area contributed by atoms with Crippen molar-refractivity contribution in [1.82, 2.24) is 14.6 Å². The van der Waals surface area contributed by atoms with Gasteiger partial charge in [-0.2, -0.15) is 13.2 Å². The van der Waals surface area contributed by atoms with E-state index < -0.39 is 17.3 Å². The lowest BCUT2D eigenvalue weighted by molar-refractivity contribution is -0.137. The molecule has 4 rings (SSSR count). The standard InChI is InChI=1S/C26H27F3N4O3/c1-16-4-7-19(14-17(16)2)23(34)32-13-11-22-21(15-32)24(35)33(36-3)25(31-22)30-12-10-18-5-8-20(9-6-18)26(27,28)29/h4-9,14H,10-13,15H2,1-3H3,(H,30,31). The van der Waals surface area contributed by atoms with Gasteiger partial charge in [-0.05, 0) is 61.2 Å². The van der Waals surface area contributed by atoms with Crippen LogP contribution < -0.4 is 15.7 Å². The third-order valence-corrected chi connectivity index (χ3v) is 6.39. The first-order chi connectivity index (χ1) is 17.1. The van der Waals surface area contributed by atoms with E-state index in [9.17, 15) is 22.8 Å². The lowest BCUT2D eigenvalue weighted by Crippen LogP contribution is -2.42. The zero-order valence-electron chi connectivity index (χ0n) is 20.3. The topological polar surface area (TPSA) is 76.5 Å². The number of hydrogen-bond acceptors (Lipinski definition) is 5. The number of fused-ring (bicyclic) bond motifs is 1. The molecular formula is C26H27F3N4O3. The van der Waals surface area contributed by atoms with Crippen LogP contribution in [0.15, 0.2) is 47.3 Å². The van der Waals surface area contributed by atoms with Gasteiger partial charge in [0.2, 0.25) is 5.95 Å². The second kappa shape index (κ2) is 10.0. The van der Waals surface area contributed by atoms with E-state index >= 15 is 0 Å². The molecule has 0 spiro atoms. The summed E-state index contributed by atoms with van der Waals surface area (Å²) in [4.78, 5) is 37.6. The summed E-state index contributed by atoms with van der Waals surface area (Å²) < 4.78 is 39.3. The molecule has 0 radical (unpaired) electrons. The predicted molar refractivity (Wildman–Crippen MR) is 129 cm³/mol. The van der Waals surface area contributed by atoms with Crippen molar-refractivity contribution in [2.75, 3.05) is 25.5 Å². The molecule has 190 valence electrons. The molecule has 0 aliphatic carbocycles. The van der Waals surface area contributed by atoms with Crippen molar-refractivity contribution in [2.45, 2.75) is 39.4 Å². The van der Waals surface area contributed by atoms with E-state index in [-0.39, 0.29) is 18.4 Å². The van der Waals surface area contributed by atoms with Crippen LogP contribution in [0.3, 0.4) is 0 Å². The summed E-state index contributed by atoms with van der Waals surface area (Å²) in [6.07, 6.45) is -3.54. The molecule has 1 N–H and O–H groups in total. The first kappa shape index (κ1) is 25.3. The molecule has 2 aromatic carbocycles. The van der Waals surface area contributed by atoms with Crippen LogP contribution in [-0.4, -0.2) is 40.7 Å². The minimum atomic E-state index is -4.38. The van der Waals surface area contributed by atoms with Crippen LogP contribution >= 0.6 is 0 Å². The Morgan fingerprint density at radius 1 is 1.11 bits per heavy atom. The van der Waals surface area contributed by atoms with Gasteiger partial charge in [-0.25, -0.2) is 4.98 Å². The van der Waals surface area contributed by atoms with Crippen molar-refractivity contribution < 1.29 is 22.8 Å². The minimum absolute atomic E-state index is 0.127. The number of rotatable bonds is 6. The normalized spacial score (nSPS) is 13.3. The molecule has 3 aromatic rings. The Morgan fingerprint density at radius 2 is 1.83 bits per heavy atom. The van der Waals surface area contributed by atoms with E-state index in [1.807, 2.05) is 26.0 Å². The van der Waals surface area contributed by atoms with E-state index in [0.717, 1.165) is 28.0 Å². The zero-order chi connectivity index (χ0) is 26.0. The fourth-order valence-corrected chi connectivity index (χ4v) is 4.15. The van der Waals surface area contributed by atoms with Crippen molar-refractivity contribution in [3.63, 3.8) is 0 Å². The summed E-state index contributed by atoms with van der Waals surface area (Å²) in [6, 6.07) is 10.5. The fourth-order valence-electron chi connectivity index (χ4n) is 4.15. The van der Waals surface area contributed by atoms with Crippen LogP contribution in [0.5, 0.6) is 0 Å². The highest BCUT2D eigenvalue weighted by atomic mass is 19.4. The average molecular weight is 501 g/mol. The molecule has 1 aliphatic heterocycles. The molecule has 0 saturated carbocycles. The Labute approximate surface area is 206 Å². The van der Waals surface area contributed by atoms with Crippen LogP contribution in [0.1, 0.15) is 43.9 Å². The monoisotopic (exact) mass is 500 g/mol. The lowest BCUT2D eigenvalue weighted by Gasteiger charge is -2.29. The summed E-state index contributed by atoms with van der Waals surface area (Å²) in [5, 5.41) is 3.04. The molecule has 0 unspecified atom stereocenters. The van der Waals surface area contributed by atoms with Gasteiger partial charge >= 0.3 is 6.18 Å². The number of alkyl halides is 3. The van der Waals surface area contributed by atoms with Gasteiger partial charge in [0.25, 0.3) is 11.5 Å². The summed E-state index contributed by atoms with van der Waals surface area (Å²) in [5.74, 6) is 0.0629. The summed E-state index contributed by atoms with van der Waals surface area (Å²) in [7, 11) is 1.34. The van der Waals surface area contributed by atoms with Crippen molar-refractivity contribution in [1.29, 1.82) is 0 Å². The molecule has 1 aromatic heterocycles. The highest BCUT2D eigenvalue weighted by Gasteiger charge is 2.30. The number of carbonyl (C=O) groups is 1. The SMILES string of the molecule is COn1c(NCCc2ccc(C(F)(F)F)cc2)nc2c(c1=O)CN(C(=O)c1ccc(C)c(C)c1)CC2. The van der Waals surface area contributed by atoms with Gasteiger partial charge in [0.05, 0.1) is 23.4 Å². The van der Waals surface area contributed by atoms with Crippen molar-refractivity contribution in [3.05, 3.63) is 91.9 Å². The number of aryl methyl sites for hydroxylation is 2. The number of carbonyl (C=O) groups excluding carboxylic acids is 1. The van der Waals surface area contributed by atoms with Crippen molar-refractivity contribution >= 4 is 11.9 Å². The molecule has 2 heterocycles. The number of benzene rings is 2. The molecule has 0 atom stereocenters. The maximum Gasteiger partial charge on any atom is 0.416 e. The Kier molecular flexibility index (Phi) is 7.05. The van der Waals surface area contributed by atoms with E-state index in [2.05, 4.69) is 10.3 Å². The van der Waals surface area contributed by atoms with E-state index in [1.54, 1.807) is 11.0 Å². The molecule has 0 fully saturated rings. The fraction of sp³-hybridized carbons (Fsp3) is 0.346. The minimum Gasteiger partial charge on any atom is -0.411 e.